The van der Waals surface area contributed by atoms with Gasteiger partial charge in [0.15, 0.2) is 0 Å². The molecule has 2 aliphatic rings. The molecule has 1 aromatic carbocycles. The Morgan fingerprint density at radius 3 is 3.00 bits per heavy atom. The van der Waals surface area contributed by atoms with Crippen LogP contribution in [-0.4, -0.2) is 50.8 Å². The van der Waals surface area contributed by atoms with Gasteiger partial charge in [0.2, 0.25) is 5.91 Å². The van der Waals surface area contributed by atoms with Crippen LogP contribution in [0.5, 0.6) is 0 Å². The van der Waals surface area contributed by atoms with E-state index >= 15 is 0 Å². The highest BCUT2D eigenvalue weighted by Gasteiger charge is 2.32. The summed E-state index contributed by atoms with van der Waals surface area (Å²) in [5, 5.41) is 9.21. The van der Waals surface area contributed by atoms with E-state index in [-0.39, 0.29) is 19.0 Å². The lowest BCUT2D eigenvalue weighted by Gasteiger charge is -2.18. The van der Waals surface area contributed by atoms with Crippen molar-refractivity contribution in [2.75, 3.05) is 42.9 Å². The molecular formula is C19H27FN4O3. The summed E-state index contributed by atoms with van der Waals surface area (Å²) in [5.41, 5.74) is 0.884. The fraction of sp³-hybridized carbons (Fsp3) is 0.579. The molecule has 2 fully saturated rings. The summed E-state index contributed by atoms with van der Waals surface area (Å²) in [4.78, 5) is 24.4. The zero-order chi connectivity index (χ0) is 19.2. The van der Waals surface area contributed by atoms with E-state index in [4.69, 9.17) is 4.74 Å². The van der Waals surface area contributed by atoms with Gasteiger partial charge >= 0.3 is 6.09 Å². The maximum Gasteiger partial charge on any atom is 0.414 e. The van der Waals surface area contributed by atoms with E-state index in [0.717, 1.165) is 19.5 Å². The Hall–Kier alpha value is -2.35. The Labute approximate surface area is 158 Å². The van der Waals surface area contributed by atoms with Crippen molar-refractivity contribution < 1.29 is 18.7 Å². The minimum Gasteiger partial charge on any atom is -0.442 e. The number of rotatable bonds is 6. The maximum absolute atomic E-state index is 14.5. The van der Waals surface area contributed by atoms with Gasteiger partial charge in [0.1, 0.15) is 11.9 Å². The summed E-state index contributed by atoms with van der Waals surface area (Å²) in [5.74, 6) is -0.100. The molecule has 8 heteroatoms. The molecule has 3 rings (SSSR count). The zero-order valence-corrected chi connectivity index (χ0v) is 15.6. The third-order valence-electron chi connectivity index (χ3n) is 4.95. The number of amides is 2. The molecule has 0 saturated carbocycles. The van der Waals surface area contributed by atoms with Crippen LogP contribution >= 0.6 is 0 Å². The zero-order valence-electron chi connectivity index (χ0n) is 15.6. The number of benzene rings is 1. The van der Waals surface area contributed by atoms with Gasteiger partial charge in [-0.2, -0.15) is 0 Å². The van der Waals surface area contributed by atoms with Crippen molar-refractivity contribution in [3.63, 3.8) is 0 Å². The summed E-state index contributed by atoms with van der Waals surface area (Å²) in [6, 6.07) is 4.71. The molecular weight excluding hydrogens is 351 g/mol. The molecule has 7 nitrogen and oxygen atoms in total. The topological polar surface area (TPSA) is 82.7 Å². The van der Waals surface area contributed by atoms with Crippen LogP contribution in [0.4, 0.5) is 20.6 Å². The Balaban J connectivity index is 1.57. The molecule has 1 aromatic rings. The normalized spacial score (nSPS) is 22.9. The Kier molecular flexibility index (Phi) is 6.49. The van der Waals surface area contributed by atoms with Crippen molar-refractivity contribution in [2.45, 2.75) is 32.3 Å². The average molecular weight is 378 g/mol. The molecule has 0 bridgehead atoms. The number of nitrogens with zero attached hydrogens (tertiary/aromatic N) is 1. The highest BCUT2D eigenvalue weighted by molar-refractivity contribution is 5.90. The minimum atomic E-state index is -0.532. The SMILES string of the molecule is CC(=O)NC[C@H]1CN(c2ccc(NC[C@H]3CCCCNC3)c(F)c2)C(=O)O1. The second-order valence-corrected chi connectivity index (χ2v) is 7.16. The summed E-state index contributed by atoms with van der Waals surface area (Å²) in [6.07, 6.45) is 2.54. The molecule has 3 N–H and O–H groups in total. The van der Waals surface area contributed by atoms with Crippen molar-refractivity contribution in [1.29, 1.82) is 0 Å². The van der Waals surface area contributed by atoms with Gasteiger partial charge in [0.25, 0.3) is 0 Å². The predicted molar refractivity (Wildman–Crippen MR) is 101 cm³/mol. The van der Waals surface area contributed by atoms with Crippen molar-refractivity contribution in [3.8, 4) is 0 Å². The van der Waals surface area contributed by atoms with Crippen LogP contribution in [0.1, 0.15) is 26.2 Å². The second kappa shape index (κ2) is 9.03. The molecule has 2 aliphatic heterocycles. The molecule has 2 amide bonds. The van der Waals surface area contributed by atoms with E-state index in [1.54, 1.807) is 12.1 Å². The molecule has 2 saturated heterocycles. The Morgan fingerprint density at radius 1 is 1.37 bits per heavy atom. The first kappa shape index (κ1) is 19.4. The summed E-state index contributed by atoms with van der Waals surface area (Å²) >= 11 is 0. The van der Waals surface area contributed by atoms with Crippen LogP contribution in [0.3, 0.4) is 0 Å². The number of hydrogen-bond donors (Lipinski definition) is 3. The van der Waals surface area contributed by atoms with E-state index in [2.05, 4.69) is 16.0 Å². The molecule has 27 heavy (non-hydrogen) atoms. The van der Waals surface area contributed by atoms with Gasteiger partial charge in [-0.05, 0) is 50.0 Å². The summed E-state index contributed by atoms with van der Waals surface area (Å²) < 4.78 is 19.7. The Bertz CT molecular complexity index is 677. The van der Waals surface area contributed by atoms with Crippen LogP contribution < -0.4 is 20.9 Å². The van der Waals surface area contributed by atoms with Gasteiger partial charge in [-0.25, -0.2) is 9.18 Å². The van der Waals surface area contributed by atoms with Crippen molar-refractivity contribution in [2.24, 2.45) is 5.92 Å². The second-order valence-electron chi connectivity index (χ2n) is 7.16. The number of cyclic esters (lactones) is 1. The first-order valence-corrected chi connectivity index (χ1v) is 9.49. The first-order valence-electron chi connectivity index (χ1n) is 9.49. The highest BCUT2D eigenvalue weighted by atomic mass is 19.1. The lowest BCUT2D eigenvalue weighted by Crippen LogP contribution is -2.33. The van der Waals surface area contributed by atoms with Crippen LogP contribution in [0.2, 0.25) is 0 Å². The van der Waals surface area contributed by atoms with E-state index in [1.165, 1.54) is 30.7 Å². The number of halogens is 1. The summed E-state index contributed by atoms with van der Waals surface area (Å²) in [7, 11) is 0. The van der Waals surface area contributed by atoms with Crippen LogP contribution in [0.15, 0.2) is 18.2 Å². The molecule has 0 radical (unpaired) electrons. The van der Waals surface area contributed by atoms with Gasteiger partial charge in [-0.3, -0.25) is 9.69 Å². The number of ether oxygens (including phenoxy) is 1. The van der Waals surface area contributed by atoms with Crippen LogP contribution in [0, 0.1) is 11.7 Å². The molecule has 0 spiro atoms. The third kappa shape index (κ3) is 5.32. The molecule has 0 aromatic heterocycles. The smallest absolute Gasteiger partial charge is 0.414 e. The number of anilines is 2. The quantitative estimate of drug-likeness (QED) is 0.706. The third-order valence-corrected chi connectivity index (χ3v) is 4.95. The van der Waals surface area contributed by atoms with Crippen molar-refractivity contribution in [3.05, 3.63) is 24.0 Å². The van der Waals surface area contributed by atoms with Crippen molar-refractivity contribution >= 4 is 23.4 Å². The molecule has 2 atom stereocenters. The highest BCUT2D eigenvalue weighted by Crippen LogP contribution is 2.26. The van der Waals surface area contributed by atoms with Crippen LogP contribution in [-0.2, 0) is 9.53 Å². The number of nitrogens with one attached hydrogen (secondary N) is 3. The van der Waals surface area contributed by atoms with E-state index < -0.39 is 18.0 Å². The molecule has 0 aliphatic carbocycles. The Morgan fingerprint density at radius 2 is 2.22 bits per heavy atom. The average Bonchev–Trinajstić information content (AvgIpc) is 2.83. The standard InChI is InChI=1S/C19H27FN4O3/c1-13(25)22-11-16-12-24(19(26)27-16)15-5-6-18(17(20)8-15)23-10-14-4-2-3-7-21-9-14/h5-6,8,14,16,21,23H,2-4,7,9-12H2,1H3,(H,22,25)/t14-,16-/m0/s1. The van der Waals surface area contributed by atoms with E-state index in [0.29, 0.717) is 23.8 Å². The fourth-order valence-electron chi connectivity index (χ4n) is 3.43. The van der Waals surface area contributed by atoms with Gasteiger partial charge < -0.3 is 20.7 Å². The number of carbonyl (C=O) groups excluding carboxylic acids is 2. The molecule has 2 heterocycles. The fourth-order valence-corrected chi connectivity index (χ4v) is 3.43. The lowest BCUT2D eigenvalue weighted by molar-refractivity contribution is -0.119. The minimum absolute atomic E-state index is 0.185. The molecule has 148 valence electrons. The number of hydrogen-bond acceptors (Lipinski definition) is 5. The van der Waals surface area contributed by atoms with E-state index in [1.807, 2.05) is 0 Å². The van der Waals surface area contributed by atoms with E-state index in [9.17, 15) is 14.0 Å². The molecule has 0 unspecified atom stereocenters. The largest absolute Gasteiger partial charge is 0.442 e. The van der Waals surface area contributed by atoms with Gasteiger partial charge in [0, 0.05) is 13.5 Å². The summed E-state index contributed by atoms with van der Waals surface area (Å²) in [6.45, 7) is 4.64. The monoisotopic (exact) mass is 378 g/mol. The van der Waals surface area contributed by atoms with Crippen LogP contribution in [0.25, 0.3) is 0 Å². The maximum atomic E-state index is 14.5. The van der Waals surface area contributed by atoms with Gasteiger partial charge in [-0.1, -0.05) is 6.42 Å². The van der Waals surface area contributed by atoms with Gasteiger partial charge in [0.05, 0.1) is 24.5 Å². The van der Waals surface area contributed by atoms with Crippen molar-refractivity contribution in [1.82, 2.24) is 10.6 Å². The number of carbonyl (C=O) groups is 2. The van der Waals surface area contributed by atoms with Gasteiger partial charge in [-0.15, -0.1) is 0 Å². The first-order chi connectivity index (χ1) is 13.0. The lowest BCUT2D eigenvalue weighted by atomic mass is 10.0. The predicted octanol–water partition coefficient (Wildman–Crippen LogP) is 2.09.